The van der Waals surface area contributed by atoms with Crippen LogP contribution in [-0.4, -0.2) is 121 Å². The lowest BCUT2D eigenvalue weighted by Gasteiger charge is -2.44. The van der Waals surface area contributed by atoms with E-state index < -0.39 is 73.9 Å². The van der Waals surface area contributed by atoms with Gasteiger partial charge in [0.1, 0.15) is 42.7 Å². The van der Waals surface area contributed by atoms with E-state index in [9.17, 15) is 35.4 Å². The van der Waals surface area contributed by atoms with Crippen LogP contribution < -0.4 is 5.32 Å². The molecule has 10 atom stereocenters. The van der Waals surface area contributed by atoms with Gasteiger partial charge in [0.05, 0.1) is 19.3 Å². The molecule has 0 aromatic rings. The number of carbonyl (C=O) groups excluding carboxylic acids is 1. The highest BCUT2D eigenvalue weighted by Gasteiger charge is 2.55. The lowest BCUT2D eigenvalue weighted by Crippen LogP contribution is -2.68. The van der Waals surface area contributed by atoms with E-state index in [1.807, 2.05) is 0 Å². The number of fused-ring (bicyclic) bond motifs is 2. The van der Waals surface area contributed by atoms with Crippen LogP contribution in [0.1, 0.15) is 0 Å². The van der Waals surface area contributed by atoms with Crippen molar-refractivity contribution in [1.82, 2.24) is 10.2 Å². The fourth-order valence-electron chi connectivity index (χ4n) is 3.35. The third-order valence-electron chi connectivity index (χ3n) is 4.85. The van der Waals surface area contributed by atoms with E-state index in [4.69, 9.17) is 14.6 Å². The highest BCUT2D eigenvalue weighted by molar-refractivity contribution is 5.75. The molecule has 0 aromatic carbocycles. The molecule has 3 fully saturated rings. The van der Waals surface area contributed by atoms with Gasteiger partial charge in [-0.3, -0.25) is 4.90 Å². The highest BCUT2D eigenvalue weighted by atomic mass is 16.6. The van der Waals surface area contributed by atoms with Crippen molar-refractivity contribution in [3.63, 3.8) is 0 Å². The highest BCUT2D eigenvalue weighted by Crippen LogP contribution is 2.32. The molecule has 0 radical (unpaired) electrons. The first-order valence-corrected chi connectivity index (χ1v) is 7.83. The Balaban J connectivity index is 1.72. The van der Waals surface area contributed by atoms with Crippen LogP contribution in [0.4, 0.5) is 4.79 Å². The van der Waals surface area contributed by atoms with Crippen LogP contribution in [0.3, 0.4) is 0 Å². The quantitative estimate of drug-likeness (QED) is 0.234. The zero-order valence-electron chi connectivity index (χ0n) is 13.0. The second-order valence-electron chi connectivity index (χ2n) is 6.37. The molecule has 0 aromatic heterocycles. The SMILES string of the molecule is O=C(N[C@@H]1O[C@H](CO)[C@@H](O)[C@H](O)[C@H]1O)N1[C@@H]2OC[C@H]1[C@@H](O)[C@H](O)[C@@H]2O. The molecule has 8 N–H and O–H groups in total. The van der Waals surface area contributed by atoms with Crippen LogP contribution in [0, 0.1) is 0 Å². The average Bonchev–Trinajstić information content (AvgIpc) is 3.00. The Morgan fingerprint density at radius 2 is 1.60 bits per heavy atom. The van der Waals surface area contributed by atoms with Crippen molar-refractivity contribution >= 4 is 6.03 Å². The molecule has 2 amide bonds. The largest absolute Gasteiger partial charge is 0.394 e. The lowest BCUT2D eigenvalue weighted by atomic mass is 9.95. The monoisotopic (exact) mass is 366 g/mol. The summed E-state index contributed by atoms with van der Waals surface area (Å²) in [5.74, 6) is 0. The average molecular weight is 366 g/mol. The first-order valence-electron chi connectivity index (χ1n) is 7.83. The third-order valence-corrected chi connectivity index (χ3v) is 4.85. The number of hydrogen-bond donors (Lipinski definition) is 8. The van der Waals surface area contributed by atoms with Gasteiger partial charge >= 0.3 is 6.03 Å². The molecule has 0 unspecified atom stereocenters. The molecule has 0 spiro atoms. The summed E-state index contributed by atoms with van der Waals surface area (Å²) in [5, 5.41) is 70.4. The van der Waals surface area contributed by atoms with E-state index in [-0.39, 0.29) is 6.61 Å². The van der Waals surface area contributed by atoms with Gasteiger partial charge in [-0.25, -0.2) is 4.79 Å². The summed E-state index contributed by atoms with van der Waals surface area (Å²) < 4.78 is 10.4. The van der Waals surface area contributed by atoms with Crippen LogP contribution in [-0.2, 0) is 9.47 Å². The summed E-state index contributed by atoms with van der Waals surface area (Å²) in [6, 6.07) is -1.81. The van der Waals surface area contributed by atoms with Crippen molar-refractivity contribution in [3.05, 3.63) is 0 Å². The molecule has 12 nitrogen and oxygen atoms in total. The summed E-state index contributed by atoms with van der Waals surface area (Å²) in [5.41, 5.74) is 0. The van der Waals surface area contributed by atoms with E-state index in [2.05, 4.69) is 5.32 Å². The number of nitrogens with zero attached hydrogens (tertiary/aromatic N) is 1. The maximum atomic E-state index is 12.5. The second kappa shape index (κ2) is 6.90. The number of nitrogens with one attached hydrogen (secondary N) is 1. The number of piperidine rings is 1. The fourth-order valence-corrected chi connectivity index (χ4v) is 3.35. The summed E-state index contributed by atoms with van der Waals surface area (Å²) in [7, 11) is 0. The number of ether oxygens (including phenoxy) is 2. The Labute approximate surface area is 141 Å². The van der Waals surface area contributed by atoms with Gasteiger partial charge in [-0.2, -0.15) is 0 Å². The zero-order chi connectivity index (χ0) is 18.5. The molecule has 2 bridgehead atoms. The molecular formula is C13H22N2O10. The van der Waals surface area contributed by atoms with Crippen molar-refractivity contribution in [2.24, 2.45) is 0 Å². The number of amides is 2. The van der Waals surface area contributed by atoms with Crippen LogP contribution in [0.5, 0.6) is 0 Å². The van der Waals surface area contributed by atoms with E-state index in [0.717, 1.165) is 4.90 Å². The van der Waals surface area contributed by atoms with E-state index in [1.54, 1.807) is 0 Å². The van der Waals surface area contributed by atoms with Crippen LogP contribution in [0.15, 0.2) is 0 Å². The zero-order valence-corrected chi connectivity index (χ0v) is 13.0. The molecule has 0 saturated carbocycles. The normalized spacial score (nSPS) is 50.0. The third kappa shape index (κ3) is 2.99. The predicted octanol–water partition coefficient (Wildman–Crippen LogP) is -5.38. The second-order valence-corrected chi connectivity index (χ2v) is 6.37. The molecular weight excluding hydrogens is 344 g/mol. The Hall–Kier alpha value is -1.09. The van der Waals surface area contributed by atoms with E-state index in [0.29, 0.717) is 0 Å². The minimum absolute atomic E-state index is 0.109. The van der Waals surface area contributed by atoms with Gasteiger partial charge < -0.3 is 50.5 Å². The minimum atomic E-state index is -1.68. The maximum Gasteiger partial charge on any atom is 0.322 e. The molecule has 3 saturated heterocycles. The van der Waals surface area contributed by atoms with Crippen molar-refractivity contribution in [2.75, 3.05) is 13.2 Å². The van der Waals surface area contributed by atoms with Crippen molar-refractivity contribution in [1.29, 1.82) is 0 Å². The van der Waals surface area contributed by atoms with E-state index >= 15 is 0 Å². The Bertz CT molecular complexity index is 489. The summed E-state index contributed by atoms with van der Waals surface area (Å²) in [4.78, 5) is 13.5. The van der Waals surface area contributed by atoms with Gasteiger partial charge in [0.2, 0.25) is 0 Å². The van der Waals surface area contributed by atoms with Gasteiger partial charge in [0.15, 0.2) is 12.5 Å². The first-order chi connectivity index (χ1) is 11.8. The number of urea groups is 1. The fraction of sp³-hybridized carbons (Fsp3) is 0.923. The number of aliphatic hydroxyl groups is 7. The molecule has 25 heavy (non-hydrogen) atoms. The van der Waals surface area contributed by atoms with Crippen molar-refractivity contribution < 1.29 is 50.0 Å². The summed E-state index contributed by atoms with van der Waals surface area (Å²) in [6.07, 6.45) is -13.2. The van der Waals surface area contributed by atoms with Gasteiger partial charge in [-0.15, -0.1) is 0 Å². The first kappa shape index (κ1) is 18.7. The van der Waals surface area contributed by atoms with E-state index in [1.165, 1.54) is 0 Å². The van der Waals surface area contributed by atoms with Gasteiger partial charge in [-0.05, 0) is 0 Å². The smallest absolute Gasteiger partial charge is 0.322 e. The Morgan fingerprint density at radius 3 is 2.24 bits per heavy atom. The number of aliphatic hydroxyl groups excluding tert-OH is 7. The topological polar surface area (TPSA) is 192 Å². The van der Waals surface area contributed by atoms with Gasteiger partial charge in [-0.1, -0.05) is 0 Å². The molecule has 0 aliphatic carbocycles. The van der Waals surface area contributed by atoms with Crippen molar-refractivity contribution in [3.8, 4) is 0 Å². The molecule has 3 heterocycles. The Morgan fingerprint density at radius 1 is 0.960 bits per heavy atom. The standard InChI is InChI=1S/C13H22N2O10/c16-1-4-6(18)8(20)9(21)11(25-4)14-13(23)15-3-2-24-12(15)10(22)7(19)5(3)17/h3-12,16-22H,1-2H2,(H,14,23)/t3-,4+,5+,6+,7-,8-,9+,10-,11+,12+/m0/s1. The number of carbonyl (C=O) groups is 1. The van der Waals surface area contributed by atoms with Crippen molar-refractivity contribution in [2.45, 2.75) is 61.2 Å². The number of hydrogen-bond acceptors (Lipinski definition) is 10. The Kier molecular flexibility index (Phi) is 5.16. The summed E-state index contributed by atoms with van der Waals surface area (Å²) >= 11 is 0. The van der Waals surface area contributed by atoms with Crippen LogP contribution >= 0.6 is 0 Å². The number of rotatable bonds is 2. The lowest BCUT2D eigenvalue weighted by molar-refractivity contribution is -0.234. The summed E-state index contributed by atoms with van der Waals surface area (Å²) in [6.45, 7) is -0.763. The minimum Gasteiger partial charge on any atom is -0.394 e. The molecule has 3 aliphatic heterocycles. The molecule has 12 heteroatoms. The molecule has 3 rings (SSSR count). The van der Waals surface area contributed by atoms with Crippen LogP contribution in [0.2, 0.25) is 0 Å². The van der Waals surface area contributed by atoms with Gasteiger partial charge in [0.25, 0.3) is 0 Å². The maximum absolute atomic E-state index is 12.5. The predicted molar refractivity (Wildman–Crippen MR) is 75.7 cm³/mol. The molecule has 3 aliphatic rings. The molecule has 144 valence electrons. The van der Waals surface area contributed by atoms with Gasteiger partial charge in [0, 0.05) is 0 Å². The van der Waals surface area contributed by atoms with Crippen LogP contribution in [0.25, 0.3) is 0 Å².